The predicted molar refractivity (Wildman–Crippen MR) is 43.0 cm³/mol. The molecule has 1 aromatic rings. The van der Waals surface area contributed by atoms with Crippen molar-refractivity contribution < 1.29 is 0 Å². The van der Waals surface area contributed by atoms with Gasteiger partial charge in [-0.2, -0.15) is 0 Å². The molecule has 0 bridgehead atoms. The third kappa shape index (κ3) is 1.13. The topological polar surface area (TPSA) is 50.9 Å². The second-order valence-electron chi connectivity index (χ2n) is 2.80. The Morgan fingerprint density at radius 3 is 2.91 bits per heavy atom. The summed E-state index contributed by atoms with van der Waals surface area (Å²) in [6.45, 7) is 0.904. The lowest BCUT2D eigenvalue weighted by molar-refractivity contribution is 0.313. The fraction of sp³-hybridized carbons (Fsp3) is 0.375. The lowest BCUT2D eigenvalue weighted by Crippen LogP contribution is -2.55. The van der Waals surface area contributed by atoms with E-state index in [-0.39, 0.29) is 12.1 Å². The van der Waals surface area contributed by atoms with Crippen molar-refractivity contribution in [3.8, 4) is 0 Å². The van der Waals surface area contributed by atoms with Gasteiger partial charge in [-0.15, -0.1) is 0 Å². The van der Waals surface area contributed by atoms with Gasteiger partial charge < -0.3 is 11.1 Å². The van der Waals surface area contributed by atoms with E-state index in [1.165, 1.54) is 0 Å². The van der Waals surface area contributed by atoms with Crippen LogP contribution in [0.5, 0.6) is 0 Å². The van der Waals surface area contributed by atoms with Crippen LogP contribution in [0.4, 0.5) is 0 Å². The van der Waals surface area contributed by atoms with E-state index in [1.54, 1.807) is 6.20 Å². The highest BCUT2D eigenvalue weighted by atomic mass is 15.1. The van der Waals surface area contributed by atoms with Crippen molar-refractivity contribution in [3.63, 3.8) is 0 Å². The molecule has 0 aliphatic carbocycles. The lowest BCUT2D eigenvalue weighted by Gasteiger charge is -2.34. The molecule has 1 aliphatic rings. The van der Waals surface area contributed by atoms with Gasteiger partial charge in [0.05, 0.1) is 11.7 Å². The Bertz CT molecular complexity index is 234. The quantitative estimate of drug-likeness (QED) is 0.593. The summed E-state index contributed by atoms with van der Waals surface area (Å²) in [7, 11) is 0. The molecular formula is C8H11N3. The van der Waals surface area contributed by atoms with E-state index in [4.69, 9.17) is 5.73 Å². The zero-order valence-corrected chi connectivity index (χ0v) is 6.20. The van der Waals surface area contributed by atoms with Gasteiger partial charge in [-0.1, -0.05) is 6.07 Å². The molecule has 2 heterocycles. The number of rotatable bonds is 1. The van der Waals surface area contributed by atoms with Crippen molar-refractivity contribution in [2.75, 3.05) is 6.54 Å². The number of nitrogens with zero attached hydrogens (tertiary/aromatic N) is 1. The molecule has 1 saturated heterocycles. The van der Waals surface area contributed by atoms with Gasteiger partial charge in [0.2, 0.25) is 0 Å². The molecule has 2 atom stereocenters. The van der Waals surface area contributed by atoms with Gasteiger partial charge in [-0.3, -0.25) is 4.98 Å². The Morgan fingerprint density at radius 1 is 1.55 bits per heavy atom. The van der Waals surface area contributed by atoms with Crippen LogP contribution in [0.2, 0.25) is 0 Å². The molecule has 0 radical (unpaired) electrons. The van der Waals surface area contributed by atoms with Crippen molar-refractivity contribution in [1.82, 2.24) is 10.3 Å². The summed E-state index contributed by atoms with van der Waals surface area (Å²) >= 11 is 0. The van der Waals surface area contributed by atoms with Gasteiger partial charge in [0.15, 0.2) is 0 Å². The second kappa shape index (κ2) is 2.60. The summed E-state index contributed by atoms with van der Waals surface area (Å²) in [4.78, 5) is 4.21. The Hall–Kier alpha value is -0.930. The van der Waals surface area contributed by atoms with Gasteiger partial charge in [0, 0.05) is 18.8 Å². The minimum atomic E-state index is 0.241. The largest absolute Gasteiger partial charge is 0.325 e. The average molecular weight is 149 g/mol. The van der Waals surface area contributed by atoms with E-state index in [0.29, 0.717) is 0 Å². The highest BCUT2D eigenvalue weighted by Gasteiger charge is 2.28. The Labute approximate surface area is 65.6 Å². The van der Waals surface area contributed by atoms with E-state index in [2.05, 4.69) is 10.3 Å². The molecule has 1 aromatic heterocycles. The minimum absolute atomic E-state index is 0.241. The molecule has 2 unspecified atom stereocenters. The van der Waals surface area contributed by atoms with Crippen molar-refractivity contribution in [2.24, 2.45) is 5.73 Å². The number of aromatic nitrogens is 1. The molecule has 0 saturated carbocycles. The summed E-state index contributed by atoms with van der Waals surface area (Å²) < 4.78 is 0. The standard InChI is InChI=1S/C8H11N3/c9-6-5-11-8(6)7-3-1-2-4-10-7/h1-4,6,8,11H,5,9H2. The molecule has 1 aliphatic heterocycles. The zero-order valence-electron chi connectivity index (χ0n) is 6.20. The van der Waals surface area contributed by atoms with Crippen molar-refractivity contribution >= 4 is 0 Å². The molecule has 11 heavy (non-hydrogen) atoms. The highest BCUT2D eigenvalue weighted by Crippen LogP contribution is 2.18. The third-order valence-corrected chi connectivity index (χ3v) is 2.01. The second-order valence-corrected chi connectivity index (χ2v) is 2.80. The van der Waals surface area contributed by atoms with Gasteiger partial charge in [0.1, 0.15) is 0 Å². The van der Waals surface area contributed by atoms with Gasteiger partial charge in [0.25, 0.3) is 0 Å². The van der Waals surface area contributed by atoms with Crippen LogP contribution >= 0.6 is 0 Å². The summed E-state index contributed by atoms with van der Waals surface area (Å²) in [5, 5.41) is 3.22. The molecular weight excluding hydrogens is 138 g/mol. The van der Waals surface area contributed by atoms with Crippen LogP contribution in [0.3, 0.4) is 0 Å². The van der Waals surface area contributed by atoms with E-state index in [9.17, 15) is 0 Å². The number of hydrogen-bond donors (Lipinski definition) is 2. The van der Waals surface area contributed by atoms with Crippen molar-refractivity contribution in [3.05, 3.63) is 30.1 Å². The first kappa shape index (κ1) is 6.76. The van der Waals surface area contributed by atoms with Crippen LogP contribution in [-0.4, -0.2) is 17.6 Å². The van der Waals surface area contributed by atoms with E-state index in [1.807, 2.05) is 18.2 Å². The number of nitrogens with two attached hydrogens (primary N) is 1. The molecule has 3 heteroatoms. The predicted octanol–water partition coefficient (Wildman–Crippen LogP) is 0.0532. The molecule has 2 rings (SSSR count). The van der Waals surface area contributed by atoms with Crippen LogP contribution in [0.25, 0.3) is 0 Å². The summed E-state index contributed by atoms with van der Waals surface area (Å²) in [6, 6.07) is 6.40. The van der Waals surface area contributed by atoms with Crippen LogP contribution < -0.4 is 11.1 Å². The number of hydrogen-bond acceptors (Lipinski definition) is 3. The number of pyridine rings is 1. The monoisotopic (exact) mass is 149 g/mol. The lowest BCUT2D eigenvalue weighted by atomic mass is 9.98. The van der Waals surface area contributed by atoms with Crippen molar-refractivity contribution in [2.45, 2.75) is 12.1 Å². The van der Waals surface area contributed by atoms with Crippen molar-refractivity contribution in [1.29, 1.82) is 0 Å². The molecule has 0 spiro atoms. The van der Waals surface area contributed by atoms with E-state index in [0.717, 1.165) is 12.2 Å². The molecule has 0 aromatic carbocycles. The fourth-order valence-electron chi connectivity index (χ4n) is 1.26. The minimum Gasteiger partial charge on any atom is -0.325 e. The smallest absolute Gasteiger partial charge is 0.0661 e. The first-order chi connectivity index (χ1) is 5.38. The van der Waals surface area contributed by atoms with Crippen LogP contribution in [-0.2, 0) is 0 Å². The van der Waals surface area contributed by atoms with Crippen LogP contribution in [0.1, 0.15) is 11.7 Å². The normalized spacial score (nSPS) is 29.5. The zero-order chi connectivity index (χ0) is 7.68. The first-order valence-corrected chi connectivity index (χ1v) is 3.78. The molecule has 3 nitrogen and oxygen atoms in total. The Balaban J connectivity index is 2.17. The maximum Gasteiger partial charge on any atom is 0.0661 e. The Kier molecular flexibility index (Phi) is 1.60. The van der Waals surface area contributed by atoms with Crippen LogP contribution in [0, 0.1) is 0 Å². The Morgan fingerprint density at radius 2 is 2.45 bits per heavy atom. The summed E-state index contributed by atoms with van der Waals surface area (Å²) in [5.41, 5.74) is 6.80. The van der Waals surface area contributed by atoms with Gasteiger partial charge in [-0.05, 0) is 12.1 Å². The molecule has 0 amide bonds. The van der Waals surface area contributed by atoms with Gasteiger partial charge >= 0.3 is 0 Å². The average Bonchev–Trinajstić information content (AvgIpc) is 2.04. The molecule has 3 N–H and O–H groups in total. The molecule has 1 fully saturated rings. The first-order valence-electron chi connectivity index (χ1n) is 3.78. The SMILES string of the molecule is NC1CNC1c1ccccn1. The highest BCUT2D eigenvalue weighted by molar-refractivity contribution is 5.14. The van der Waals surface area contributed by atoms with E-state index < -0.39 is 0 Å². The summed E-state index contributed by atoms with van der Waals surface area (Å²) in [5.74, 6) is 0. The number of nitrogens with one attached hydrogen (secondary N) is 1. The van der Waals surface area contributed by atoms with Gasteiger partial charge in [-0.25, -0.2) is 0 Å². The summed E-state index contributed by atoms with van der Waals surface area (Å²) in [6.07, 6.45) is 1.79. The molecule has 58 valence electrons. The maximum atomic E-state index is 5.75. The maximum absolute atomic E-state index is 5.75. The van der Waals surface area contributed by atoms with Crippen LogP contribution in [0.15, 0.2) is 24.4 Å². The fourth-order valence-corrected chi connectivity index (χ4v) is 1.26. The third-order valence-electron chi connectivity index (χ3n) is 2.01. The van der Waals surface area contributed by atoms with E-state index >= 15 is 0 Å².